The van der Waals surface area contributed by atoms with Gasteiger partial charge in [-0.3, -0.25) is 14.9 Å². The number of nitro groups is 1. The summed E-state index contributed by atoms with van der Waals surface area (Å²) in [5.74, 6) is -0.614. The number of nitrogens with zero attached hydrogens (tertiary/aromatic N) is 1. The summed E-state index contributed by atoms with van der Waals surface area (Å²) in [6.45, 7) is 1.24. The lowest BCUT2D eigenvalue weighted by Crippen LogP contribution is -2.51. The number of hydrogen-bond donors (Lipinski definition) is 2. The van der Waals surface area contributed by atoms with Gasteiger partial charge in [0.1, 0.15) is 5.75 Å². The fourth-order valence-electron chi connectivity index (χ4n) is 1.28. The normalized spacial score (nSPS) is 13.0. The van der Waals surface area contributed by atoms with E-state index in [4.69, 9.17) is 15.2 Å². The molecule has 0 aliphatic heterocycles. The molecule has 0 fully saturated rings. The molecule has 1 atom stereocenters. The minimum atomic E-state index is -1.35. The highest BCUT2D eigenvalue weighted by atomic mass is 16.6. The van der Waals surface area contributed by atoms with Gasteiger partial charge in [-0.2, -0.15) is 0 Å². The van der Waals surface area contributed by atoms with E-state index in [9.17, 15) is 19.7 Å². The molecule has 2 amide bonds. The van der Waals surface area contributed by atoms with Crippen LogP contribution in [0.2, 0.25) is 0 Å². The molecular formula is C12H15N3O6. The number of primary amides is 1. The highest BCUT2D eigenvalue weighted by molar-refractivity contribution is 5.84. The van der Waals surface area contributed by atoms with Crippen molar-refractivity contribution >= 4 is 17.7 Å². The van der Waals surface area contributed by atoms with E-state index < -0.39 is 22.5 Å². The van der Waals surface area contributed by atoms with Crippen molar-refractivity contribution in [2.75, 3.05) is 13.7 Å². The Bertz CT molecular complexity index is 544. The van der Waals surface area contributed by atoms with Gasteiger partial charge in [-0.05, 0) is 19.1 Å². The van der Waals surface area contributed by atoms with Crippen molar-refractivity contribution in [1.82, 2.24) is 5.32 Å². The number of hydrogen-bond acceptors (Lipinski definition) is 6. The average Bonchev–Trinajstić information content (AvgIpc) is 2.45. The SMILES string of the molecule is COC(C)(CNC(=O)Oc1ccc([N+](=O)[O-])cc1)C(N)=O. The molecule has 0 heterocycles. The van der Waals surface area contributed by atoms with E-state index in [0.717, 1.165) is 0 Å². The number of methoxy groups -OCH3 is 1. The van der Waals surface area contributed by atoms with E-state index in [2.05, 4.69) is 5.32 Å². The molecule has 9 heteroatoms. The number of rotatable bonds is 6. The topological polar surface area (TPSA) is 134 Å². The Morgan fingerprint density at radius 3 is 2.38 bits per heavy atom. The number of benzene rings is 1. The first-order chi connectivity index (χ1) is 9.78. The van der Waals surface area contributed by atoms with Crippen molar-refractivity contribution in [3.63, 3.8) is 0 Å². The van der Waals surface area contributed by atoms with E-state index >= 15 is 0 Å². The van der Waals surface area contributed by atoms with Gasteiger partial charge in [0, 0.05) is 19.2 Å². The molecule has 0 saturated heterocycles. The van der Waals surface area contributed by atoms with Crippen molar-refractivity contribution in [2.45, 2.75) is 12.5 Å². The summed E-state index contributed by atoms with van der Waals surface area (Å²) in [5, 5.41) is 12.8. The summed E-state index contributed by atoms with van der Waals surface area (Å²) in [6, 6.07) is 4.96. The highest BCUT2D eigenvalue weighted by Crippen LogP contribution is 2.17. The van der Waals surface area contributed by atoms with Crippen molar-refractivity contribution < 1.29 is 24.0 Å². The predicted molar refractivity (Wildman–Crippen MR) is 71.7 cm³/mol. The average molecular weight is 297 g/mol. The maximum atomic E-state index is 11.5. The minimum absolute atomic E-state index is 0.122. The number of carbonyl (C=O) groups is 2. The molecule has 0 aliphatic rings. The Balaban J connectivity index is 2.58. The molecule has 0 bridgehead atoms. The van der Waals surface area contributed by atoms with Crippen LogP contribution < -0.4 is 15.8 Å². The van der Waals surface area contributed by atoms with Gasteiger partial charge >= 0.3 is 6.09 Å². The van der Waals surface area contributed by atoms with Crippen molar-refractivity contribution in [3.05, 3.63) is 34.4 Å². The Kier molecular flexibility index (Phi) is 5.19. The molecule has 21 heavy (non-hydrogen) atoms. The van der Waals surface area contributed by atoms with Crippen LogP contribution in [0, 0.1) is 10.1 Å². The predicted octanol–water partition coefficient (Wildman–Crippen LogP) is 0.574. The van der Waals surface area contributed by atoms with Gasteiger partial charge in [-0.15, -0.1) is 0 Å². The molecule has 1 unspecified atom stereocenters. The van der Waals surface area contributed by atoms with Crippen LogP contribution in [-0.4, -0.2) is 36.2 Å². The van der Waals surface area contributed by atoms with Crippen LogP contribution in [0.4, 0.5) is 10.5 Å². The van der Waals surface area contributed by atoms with Crippen LogP contribution in [0.3, 0.4) is 0 Å². The Labute approximate surface area is 120 Å². The molecule has 114 valence electrons. The summed E-state index contributed by atoms with van der Waals surface area (Å²) in [5.41, 5.74) is 3.67. The third-order valence-electron chi connectivity index (χ3n) is 2.80. The zero-order valence-corrected chi connectivity index (χ0v) is 11.5. The summed E-state index contributed by atoms with van der Waals surface area (Å²) in [7, 11) is 1.29. The Hall–Kier alpha value is -2.68. The minimum Gasteiger partial charge on any atom is -0.410 e. The van der Waals surface area contributed by atoms with Crippen LogP contribution >= 0.6 is 0 Å². The Morgan fingerprint density at radius 1 is 1.38 bits per heavy atom. The maximum absolute atomic E-state index is 11.5. The van der Waals surface area contributed by atoms with Crippen molar-refractivity contribution in [3.8, 4) is 5.75 Å². The third kappa shape index (κ3) is 4.42. The second-order valence-corrected chi connectivity index (χ2v) is 4.29. The fraction of sp³-hybridized carbons (Fsp3) is 0.333. The summed E-state index contributed by atoms with van der Waals surface area (Å²) >= 11 is 0. The lowest BCUT2D eigenvalue weighted by atomic mass is 10.1. The van der Waals surface area contributed by atoms with E-state index in [1.54, 1.807) is 0 Å². The van der Waals surface area contributed by atoms with Crippen LogP contribution in [0.5, 0.6) is 5.75 Å². The van der Waals surface area contributed by atoms with Crippen LogP contribution in [0.15, 0.2) is 24.3 Å². The van der Waals surface area contributed by atoms with Gasteiger partial charge in [0.05, 0.1) is 11.5 Å². The molecule has 1 aromatic rings. The molecular weight excluding hydrogens is 282 g/mol. The van der Waals surface area contributed by atoms with Gasteiger partial charge in [-0.25, -0.2) is 4.79 Å². The molecule has 0 spiro atoms. The standard InChI is InChI=1S/C12H15N3O6/c1-12(20-2,10(13)16)7-14-11(17)21-9-5-3-8(4-6-9)15(18)19/h3-6H,7H2,1-2H3,(H2,13,16)(H,14,17). The van der Waals surface area contributed by atoms with Crippen LogP contribution in [0.1, 0.15) is 6.92 Å². The van der Waals surface area contributed by atoms with E-state index in [1.165, 1.54) is 38.3 Å². The zero-order chi connectivity index (χ0) is 16.0. The van der Waals surface area contributed by atoms with Gasteiger partial charge in [0.15, 0.2) is 5.60 Å². The number of ether oxygens (including phenoxy) is 2. The number of non-ortho nitro benzene ring substituents is 1. The van der Waals surface area contributed by atoms with Crippen LogP contribution in [0.25, 0.3) is 0 Å². The summed E-state index contributed by atoms with van der Waals surface area (Å²) in [6.07, 6.45) is -0.839. The first kappa shape index (κ1) is 16.4. The number of nitrogens with one attached hydrogen (secondary N) is 1. The van der Waals surface area contributed by atoms with Gasteiger partial charge in [0.2, 0.25) is 0 Å². The fourth-order valence-corrected chi connectivity index (χ4v) is 1.28. The smallest absolute Gasteiger partial charge is 0.410 e. The van der Waals surface area contributed by atoms with E-state index in [0.29, 0.717) is 0 Å². The zero-order valence-electron chi connectivity index (χ0n) is 11.5. The van der Waals surface area contributed by atoms with Crippen molar-refractivity contribution in [2.24, 2.45) is 5.73 Å². The maximum Gasteiger partial charge on any atom is 0.412 e. The van der Waals surface area contributed by atoms with Gasteiger partial charge in [-0.1, -0.05) is 0 Å². The summed E-state index contributed by atoms with van der Waals surface area (Å²) < 4.78 is 9.81. The molecule has 1 aromatic carbocycles. The number of nitrogens with two attached hydrogens (primary N) is 1. The molecule has 0 saturated carbocycles. The first-order valence-electron chi connectivity index (χ1n) is 5.83. The molecule has 0 aromatic heterocycles. The monoisotopic (exact) mass is 297 g/mol. The van der Waals surface area contributed by atoms with Gasteiger partial charge < -0.3 is 20.5 Å². The molecule has 0 radical (unpaired) electrons. The van der Waals surface area contributed by atoms with Gasteiger partial charge in [0.25, 0.3) is 11.6 Å². The summed E-state index contributed by atoms with van der Waals surface area (Å²) in [4.78, 5) is 32.6. The Morgan fingerprint density at radius 2 is 1.95 bits per heavy atom. The lowest BCUT2D eigenvalue weighted by Gasteiger charge is -2.24. The lowest BCUT2D eigenvalue weighted by molar-refractivity contribution is -0.384. The van der Waals surface area contributed by atoms with Crippen molar-refractivity contribution in [1.29, 1.82) is 0 Å². The first-order valence-corrected chi connectivity index (χ1v) is 5.83. The number of nitro benzene ring substituents is 1. The van der Waals surface area contributed by atoms with E-state index in [-0.39, 0.29) is 18.0 Å². The van der Waals surface area contributed by atoms with Crippen LogP contribution in [-0.2, 0) is 9.53 Å². The molecule has 1 rings (SSSR count). The number of carbonyl (C=O) groups excluding carboxylic acids is 2. The molecule has 3 N–H and O–H groups in total. The molecule has 9 nitrogen and oxygen atoms in total. The number of amides is 2. The molecule has 0 aliphatic carbocycles. The second kappa shape index (κ2) is 6.66. The highest BCUT2D eigenvalue weighted by Gasteiger charge is 2.31. The quantitative estimate of drug-likeness (QED) is 0.582. The van der Waals surface area contributed by atoms with E-state index in [1.807, 2.05) is 0 Å². The largest absolute Gasteiger partial charge is 0.412 e. The third-order valence-corrected chi connectivity index (χ3v) is 2.80. The second-order valence-electron chi connectivity index (χ2n) is 4.29.